The zero-order valence-corrected chi connectivity index (χ0v) is 22.5. The fourth-order valence-corrected chi connectivity index (χ4v) is 5.34. The van der Waals surface area contributed by atoms with Crippen LogP contribution >= 0.6 is 23.4 Å². The minimum atomic E-state index is -0.129. The molecule has 0 bridgehead atoms. The van der Waals surface area contributed by atoms with E-state index in [0.717, 1.165) is 49.8 Å². The van der Waals surface area contributed by atoms with Crippen molar-refractivity contribution in [2.45, 2.75) is 24.0 Å². The Morgan fingerprint density at radius 1 is 0.895 bits per heavy atom. The van der Waals surface area contributed by atoms with E-state index >= 15 is 0 Å². The number of anilines is 1. The molecule has 1 amide bonds. The molecule has 1 fully saturated rings. The second kappa shape index (κ2) is 12.9. The van der Waals surface area contributed by atoms with Gasteiger partial charge in [0.25, 0.3) is 5.91 Å². The van der Waals surface area contributed by atoms with Crippen molar-refractivity contribution >= 4 is 35.1 Å². The van der Waals surface area contributed by atoms with Crippen molar-refractivity contribution in [1.82, 2.24) is 25.2 Å². The summed E-state index contributed by atoms with van der Waals surface area (Å²) in [5.74, 6) is 1.36. The van der Waals surface area contributed by atoms with E-state index in [1.54, 1.807) is 6.20 Å². The molecule has 1 aliphatic rings. The smallest absolute Gasteiger partial charge is 0.251 e. The van der Waals surface area contributed by atoms with Crippen LogP contribution in [0.5, 0.6) is 0 Å². The van der Waals surface area contributed by atoms with Gasteiger partial charge in [-0.2, -0.15) is 0 Å². The standard InChI is InChI=1S/C29H29ClN6OS/c30-26-18-27(36-15-13-35(14-16-36)20-22-7-2-1-3-8-22)34-29(33-26)38-21-23-9-6-10-24(17-23)28(37)32-19-25-11-4-5-12-31-25/h1-12,17-18H,13-16,19-21H2,(H,32,37). The van der Waals surface area contributed by atoms with Gasteiger partial charge in [0.1, 0.15) is 11.0 Å². The molecule has 38 heavy (non-hydrogen) atoms. The summed E-state index contributed by atoms with van der Waals surface area (Å²) < 4.78 is 0. The largest absolute Gasteiger partial charge is 0.354 e. The molecule has 5 rings (SSSR count). The maximum atomic E-state index is 12.6. The molecule has 0 radical (unpaired) electrons. The lowest BCUT2D eigenvalue weighted by Gasteiger charge is -2.35. The second-order valence-corrected chi connectivity index (χ2v) is 10.4. The van der Waals surface area contributed by atoms with Gasteiger partial charge in [0, 0.05) is 56.3 Å². The molecule has 0 unspecified atom stereocenters. The number of amides is 1. The number of carbonyl (C=O) groups excluding carboxylic acids is 1. The Labute approximate surface area is 232 Å². The summed E-state index contributed by atoms with van der Waals surface area (Å²) in [6.45, 7) is 5.06. The number of nitrogens with one attached hydrogen (secondary N) is 1. The van der Waals surface area contributed by atoms with Gasteiger partial charge >= 0.3 is 0 Å². The molecule has 0 aliphatic carbocycles. The van der Waals surface area contributed by atoms with E-state index in [9.17, 15) is 4.79 Å². The zero-order chi connectivity index (χ0) is 26.2. The van der Waals surface area contributed by atoms with Crippen molar-refractivity contribution < 1.29 is 4.79 Å². The molecule has 7 nitrogen and oxygen atoms in total. The number of piperazine rings is 1. The number of carbonyl (C=O) groups is 1. The summed E-state index contributed by atoms with van der Waals surface area (Å²) in [4.78, 5) is 30.8. The topological polar surface area (TPSA) is 74.2 Å². The summed E-state index contributed by atoms with van der Waals surface area (Å²) in [6.07, 6.45) is 1.72. The molecule has 0 atom stereocenters. The summed E-state index contributed by atoms with van der Waals surface area (Å²) in [6, 6.07) is 25.7. The Bertz CT molecular complexity index is 1350. The Hall–Kier alpha value is -3.46. The van der Waals surface area contributed by atoms with Crippen LogP contribution in [0.2, 0.25) is 5.15 Å². The van der Waals surface area contributed by atoms with E-state index in [-0.39, 0.29) is 5.91 Å². The van der Waals surface area contributed by atoms with Gasteiger partial charge in [-0.3, -0.25) is 14.7 Å². The van der Waals surface area contributed by atoms with Crippen molar-refractivity contribution in [3.63, 3.8) is 0 Å². The van der Waals surface area contributed by atoms with Gasteiger partial charge in [0.05, 0.1) is 12.2 Å². The van der Waals surface area contributed by atoms with Crippen LogP contribution in [0.25, 0.3) is 0 Å². The molecule has 4 aromatic rings. The molecule has 0 spiro atoms. The molecule has 9 heteroatoms. The quantitative estimate of drug-likeness (QED) is 0.179. The summed E-state index contributed by atoms with van der Waals surface area (Å²) in [5.41, 5.74) is 3.78. The van der Waals surface area contributed by atoms with Crippen molar-refractivity contribution in [3.8, 4) is 0 Å². The maximum Gasteiger partial charge on any atom is 0.251 e. The predicted octanol–water partition coefficient (Wildman–Crippen LogP) is 5.07. The minimum Gasteiger partial charge on any atom is -0.354 e. The van der Waals surface area contributed by atoms with Crippen molar-refractivity contribution in [3.05, 3.63) is 113 Å². The van der Waals surface area contributed by atoms with E-state index in [0.29, 0.717) is 28.2 Å². The lowest BCUT2D eigenvalue weighted by atomic mass is 10.1. The van der Waals surface area contributed by atoms with Crippen LogP contribution < -0.4 is 10.2 Å². The monoisotopic (exact) mass is 544 g/mol. The van der Waals surface area contributed by atoms with Crippen molar-refractivity contribution in [2.24, 2.45) is 0 Å². The molecule has 3 heterocycles. The normalized spacial score (nSPS) is 13.9. The van der Waals surface area contributed by atoms with Gasteiger partial charge < -0.3 is 10.2 Å². The van der Waals surface area contributed by atoms with Crippen LogP contribution in [0.1, 0.15) is 27.2 Å². The molecular formula is C29H29ClN6OS. The summed E-state index contributed by atoms with van der Waals surface area (Å²) in [7, 11) is 0. The van der Waals surface area contributed by atoms with Gasteiger partial charge in [-0.25, -0.2) is 9.97 Å². The number of hydrogen-bond donors (Lipinski definition) is 1. The number of benzene rings is 2. The Morgan fingerprint density at radius 2 is 1.68 bits per heavy atom. The van der Waals surface area contributed by atoms with Gasteiger partial charge in [0.2, 0.25) is 0 Å². The van der Waals surface area contributed by atoms with Crippen LogP contribution in [0, 0.1) is 0 Å². The molecule has 2 aromatic heterocycles. The molecule has 1 saturated heterocycles. The summed E-state index contributed by atoms with van der Waals surface area (Å²) >= 11 is 7.89. The van der Waals surface area contributed by atoms with E-state index in [4.69, 9.17) is 16.6 Å². The lowest BCUT2D eigenvalue weighted by Crippen LogP contribution is -2.46. The van der Waals surface area contributed by atoms with Crippen LogP contribution in [-0.4, -0.2) is 51.9 Å². The highest BCUT2D eigenvalue weighted by Crippen LogP contribution is 2.26. The Balaban J connectivity index is 1.16. The van der Waals surface area contributed by atoms with Gasteiger partial charge in [0.15, 0.2) is 5.16 Å². The average molecular weight is 545 g/mol. The van der Waals surface area contributed by atoms with E-state index in [2.05, 4.69) is 55.4 Å². The number of rotatable bonds is 9. The number of thioether (sulfide) groups is 1. The minimum absolute atomic E-state index is 0.129. The van der Waals surface area contributed by atoms with Crippen LogP contribution in [0.4, 0.5) is 5.82 Å². The molecule has 194 valence electrons. The van der Waals surface area contributed by atoms with E-state index in [1.807, 2.05) is 48.5 Å². The first-order valence-corrected chi connectivity index (χ1v) is 13.9. The van der Waals surface area contributed by atoms with Crippen LogP contribution in [0.3, 0.4) is 0 Å². The van der Waals surface area contributed by atoms with Crippen LogP contribution in [-0.2, 0) is 18.8 Å². The first-order chi connectivity index (χ1) is 18.6. The highest BCUT2D eigenvalue weighted by atomic mass is 35.5. The molecular weight excluding hydrogens is 516 g/mol. The van der Waals surface area contributed by atoms with Gasteiger partial charge in [-0.1, -0.05) is 71.9 Å². The fraction of sp³-hybridized carbons (Fsp3) is 0.241. The number of nitrogens with zero attached hydrogens (tertiary/aromatic N) is 5. The first kappa shape index (κ1) is 26.2. The number of pyridine rings is 1. The highest BCUT2D eigenvalue weighted by molar-refractivity contribution is 7.98. The predicted molar refractivity (Wildman–Crippen MR) is 152 cm³/mol. The third kappa shape index (κ3) is 7.31. The van der Waals surface area contributed by atoms with Crippen molar-refractivity contribution in [2.75, 3.05) is 31.1 Å². The first-order valence-electron chi connectivity index (χ1n) is 12.6. The summed E-state index contributed by atoms with van der Waals surface area (Å²) in [5, 5.41) is 3.99. The number of halogens is 1. The Kier molecular flexibility index (Phi) is 8.86. The Morgan fingerprint density at radius 3 is 2.47 bits per heavy atom. The number of hydrogen-bond acceptors (Lipinski definition) is 7. The third-order valence-corrected chi connectivity index (χ3v) is 7.43. The van der Waals surface area contributed by atoms with Gasteiger partial charge in [-0.05, 0) is 35.4 Å². The average Bonchev–Trinajstić information content (AvgIpc) is 2.96. The lowest BCUT2D eigenvalue weighted by molar-refractivity contribution is 0.0950. The molecule has 0 saturated carbocycles. The fourth-order valence-electron chi connectivity index (χ4n) is 4.31. The third-order valence-electron chi connectivity index (χ3n) is 6.32. The highest BCUT2D eigenvalue weighted by Gasteiger charge is 2.19. The number of aromatic nitrogens is 3. The second-order valence-electron chi connectivity index (χ2n) is 9.07. The SMILES string of the molecule is O=C(NCc1ccccn1)c1cccc(CSc2nc(Cl)cc(N3CCN(Cc4ccccc4)CC3)n2)c1. The molecule has 1 N–H and O–H groups in total. The zero-order valence-electron chi connectivity index (χ0n) is 21.0. The molecule has 2 aromatic carbocycles. The van der Waals surface area contributed by atoms with Crippen LogP contribution in [0.15, 0.2) is 90.2 Å². The maximum absolute atomic E-state index is 12.6. The van der Waals surface area contributed by atoms with Gasteiger partial charge in [-0.15, -0.1) is 0 Å². The van der Waals surface area contributed by atoms with Crippen molar-refractivity contribution in [1.29, 1.82) is 0 Å². The molecule has 1 aliphatic heterocycles. The van der Waals surface area contributed by atoms with E-state index in [1.165, 1.54) is 17.3 Å². The van der Waals surface area contributed by atoms with E-state index < -0.39 is 0 Å².